The molecular weight excluding hydrogens is 376 g/mol. The van der Waals surface area contributed by atoms with Crippen molar-refractivity contribution in [2.45, 2.75) is 31.7 Å². The van der Waals surface area contributed by atoms with Gasteiger partial charge in [0.15, 0.2) is 0 Å². The molecule has 1 aliphatic rings. The van der Waals surface area contributed by atoms with E-state index in [0.29, 0.717) is 13.2 Å². The first-order chi connectivity index (χ1) is 13.4. The summed E-state index contributed by atoms with van der Waals surface area (Å²) in [7, 11) is -3.22. The van der Waals surface area contributed by atoms with Gasteiger partial charge in [-0.05, 0) is 23.6 Å². The van der Waals surface area contributed by atoms with Crippen LogP contribution in [0.1, 0.15) is 35.8 Å². The molecule has 152 valence electrons. The van der Waals surface area contributed by atoms with Gasteiger partial charge in [-0.1, -0.05) is 54.6 Å². The molecule has 2 aromatic carbocycles. The molecule has 1 saturated heterocycles. The zero-order valence-corrected chi connectivity index (χ0v) is 17.1. The van der Waals surface area contributed by atoms with E-state index in [-0.39, 0.29) is 18.2 Å². The molecule has 0 saturated carbocycles. The van der Waals surface area contributed by atoms with Gasteiger partial charge in [-0.15, -0.1) is 0 Å². The molecule has 7 heteroatoms. The largest absolute Gasteiger partial charge is 0.371 e. The minimum absolute atomic E-state index is 0.00697. The van der Waals surface area contributed by atoms with Crippen molar-refractivity contribution in [1.82, 2.24) is 10.0 Å². The molecule has 2 N–H and O–H groups in total. The van der Waals surface area contributed by atoms with Gasteiger partial charge in [-0.2, -0.15) is 0 Å². The number of hydrogen-bond acceptors (Lipinski definition) is 5. The maximum atomic E-state index is 11.3. The van der Waals surface area contributed by atoms with Crippen LogP contribution in [0.4, 0.5) is 0 Å². The van der Waals surface area contributed by atoms with Crippen LogP contribution in [0, 0.1) is 0 Å². The highest BCUT2D eigenvalue weighted by Crippen LogP contribution is 2.22. The Hall–Kier alpha value is -1.77. The van der Waals surface area contributed by atoms with Gasteiger partial charge in [-0.25, -0.2) is 13.1 Å². The first kappa shape index (κ1) is 21.0. The molecule has 0 amide bonds. The molecule has 1 aliphatic heterocycles. The first-order valence-electron chi connectivity index (χ1n) is 9.46. The lowest BCUT2D eigenvalue weighted by Crippen LogP contribution is -2.38. The maximum Gasteiger partial charge on any atom is 0.209 e. The van der Waals surface area contributed by atoms with E-state index in [0.717, 1.165) is 29.8 Å². The second-order valence-electron chi connectivity index (χ2n) is 7.17. The van der Waals surface area contributed by atoms with E-state index >= 15 is 0 Å². The molecule has 0 bridgehead atoms. The van der Waals surface area contributed by atoms with Crippen LogP contribution in [0.15, 0.2) is 54.6 Å². The number of benzene rings is 2. The summed E-state index contributed by atoms with van der Waals surface area (Å²) in [6.07, 6.45) is 1.21. The van der Waals surface area contributed by atoms with Gasteiger partial charge < -0.3 is 14.8 Å². The summed E-state index contributed by atoms with van der Waals surface area (Å²) in [6, 6.07) is 17.8. The van der Waals surface area contributed by atoms with Crippen molar-refractivity contribution in [2.75, 3.05) is 26.0 Å². The van der Waals surface area contributed by atoms with Crippen molar-refractivity contribution in [3.8, 4) is 0 Å². The highest BCUT2D eigenvalue weighted by Gasteiger charge is 2.23. The quantitative estimate of drug-likeness (QED) is 0.707. The Morgan fingerprint density at radius 2 is 1.75 bits per heavy atom. The van der Waals surface area contributed by atoms with E-state index in [2.05, 4.69) is 22.2 Å². The maximum absolute atomic E-state index is 11.3. The Morgan fingerprint density at radius 3 is 2.36 bits per heavy atom. The molecule has 3 atom stereocenters. The molecule has 0 spiro atoms. The van der Waals surface area contributed by atoms with Crippen molar-refractivity contribution in [3.05, 3.63) is 71.3 Å². The van der Waals surface area contributed by atoms with Gasteiger partial charge >= 0.3 is 0 Å². The summed E-state index contributed by atoms with van der Waals surface area (Å²) in [4.78, 5) is 0. The lowest BCUT2D eigenvalue weighted by molar-refractivity contribution is -0.133. The molecule has 6 nitrogen and oxygen atoms in total. The number of sulfonamides is 1. The van der Waals surface area contributed by atoms with Crippen molar-refractivity contribution in [3.63, 3.8) is 0 Å². The molecule has 1 heterocycles. The zero-order valence-electron chi connectivity index (χ0n) is 16.3. The molecule has 2 aromatic rings. The third kappa shape index (κ3) is 6.39. The van der Waals surface area contributed by atoms with Crippen LogP contribution in [-0.4, -0.2) is 40.5 Å². The Bertz CT molecular complexity index is 832. The van der Waals surface area contributed by atoms with Crippen molar-refractivity contribution >= 4 is 10.0 Å². The predicted octanol–water partition coefficient (Wildman–Crippen LogP) is 2.54. The average Bonchev–Trinajstić information content (AvgIpc) is 2.68. The highest BCUT2D eigenvalue weighted by atomic mass is 32.2. The number of hydrogen-bond donors (Lipinski definition) is 2. The number of nitrogens with one attached hydrogen (secondary N) is 2. The van der Waals surface area contributed by atoms with Crippen LogP contribution in [0.3, 0.4) is 0 Å². The topological polar surface area (TPSA) is 76.7 Å². The summed E-state index contributed by atoms with van der Waals surface area (Å²) in [6.45, 7) is 4.40. The monoisotopic (exact) mass is 404 g/mol. The minimum atomic E-state index is -3.22. The fraction of sp³-hybridized carbons (Fsp3) is 0.429. The lowest BCUT2D eigenvalue weighted by Gasteiger charge is -2.30. The number of ether oxygens (including phenoxy) is 2. The fourth-order valence-corrected chi connectivity index (χ4v) is 3.99. The molecule has 0 aromatic heterocycles. The van der Waals surface area contributed by atoms with E-state index in [1.54, 1.807) is 0 Å². The van der Waals surface area contributed by atoms with Crippen LogP contribution >= 0.6 is 0 Å². The van der Waals surface area contributed by atoms with Gasteiger partial charge in [0.1, 0.15) is 6.10 Å². The molecule has 0 radical (unpaired) electrons. The first-order valence-corrected chi connectivity index (χ1v) is 11.3. The van der Waals surface area contributed by atoms with Crippen LogP contribution in [-0.2, 0) is 26.0 Å². The van der Waals surface area contributed by atoms with Gasteiger partial charge in [0, 0.05) is 19.1 Å². The van der Waals surface area contributed by atoms with Crippen molar-refractivity contribution < 1.29 is 17.9 Å². The SMILES string of the molecule is C[C@@H](NS(C)(=O)=O)c1ccc(CNC[C@@H]2CO[C@@H](c3ccccc3)CO2)cc1. The van der Waals surface area contributed by atoms with Crippen molar-refractivity contribution in [2.24, 2.45) is 0 Å². The number of rotatable bonds is 8. The zero-order chi connectivity index (χ0) is 20.0. The Labute approximate surface area is 167 Å². The Balaban J connectivity index is 1.40. The van der Waals surface area contributed by atoms with E-state index < -0.39 is 10.0 Å². The van der Waals surface area contributed by atoms with Crippen LogP contribution < -0.4 is 10.0 Å². The van der Waals surface area contributed by atoms with Crippen molar-refractivity contribution in [1.29, 1.82) is 0 Å². The second-order valence-corrected chi connectivity index (χ2v) is 8.95. The summed E-state index contributed by atoms with van der Waals surface area (Å²) < 4.78 is 37.1. The van der Waals surface area contributed by atoms with Crippen LogP contribution in [0.2, 0.25) is 0 Å². The third-order valence-electron chi connectivity index (χ3n) is 4.71. The summed E-state index contributed by atoms with van der Waals surface area (Å²) in [5.41, 5.74) is 3.22. The molecule has 0 aliphatic carbocycles. The average molecular weight is 405 g/mol. The molecule has 1 fully saturated rings. The predicted molar refractivity (Wildman–Crippen MR) is 109 cm³/mol. The van der Waals surface area contributed by atoms with E-state index in [9.17, 15) is 8.42 Å². The minimum Gasteiger partial charge on any atom is -0.371 e. The van der Waals surface area contributed by atoms with Crippen LogP contribution in [0.25, 0.3) is 0 Å². The van der Waals surface area contributed by atoms with Gasteiger partial charge in [0.05, 0.1) is 25.6 Å². The van der Waals surface area contributed by atoms with E-state index in [1.165, 1.54) is 6.26 Å². The fourth-order valence-electron chi connectivity index (χ4n) is 3.21. The second kappa shape index (κ2) is 9.62. The standard InChI is InChI=1S/C21H28N2O4S/c1-16(23-28(2,24)25)18-10-8-17(9-11-18)12-22-13-20-14-27-21(15-26-20)19-6-4-3-5-7-19/h3-11,16,20-23H,12-15H2,1-2H3/t16-,20-,21-/m1/s1. The molecular formula is C21H28N2O4S. The smallest absolute Gasteiger partial charge is 0.209 e. The third-order valence-corrected chi connectivity index (χ3v) is 5.49. The highest BCUT2D eigenvalue weighted by molar-refractivity contribution is 7.88. The summed E-state index contributed by atoms with van der Waals surface area (Å²) in [5, 5.41) is 3.40. The normalized spacial score (nSPS) is 21.4. The van der Waals surface area contributed by atoms with Gasteiger partial charge in [0.2, 0.25) is 10.0 Å². The van der Waals surface area contributed by atoms with E-state index in [4.69, 9.17) is 9.47 Å². The summed E-state index contributed by atoms with van der Waals surface area (Å²) in [5.74, 6) is 0. The van der Waals surface area contributed by atoms with Gasteiger partial charge in [-0.3, -0.25) is 0 Å². The van der Waals surface area contributed by atoms with E-state index in [1.807, 2.05) is 49.4 Å². The van der Waals surface area contributed by atoms with Crippen LogP contribution in [0.5, 0.6) is 0 Å². The lowest BCUT2D eigenvalue weighted by atomic mass is 10.1. The summed E-state index contributed by atoms with van der Waals surface area (Å²) >= 11 is 0. The Kier molecular flexibility index (Phi) is 7.20. The molecule has 0 unspecified atom stereocenters. The molecule has 3 rings (SSSR count). The Morgan fingerprint density at radius 1 is 1.04 bits per heavy atom. The van der Waals surface area contributed by atoms with Gasteiger partial charge in [0.25, 0.3) is 0 Å². The molecule has 28 heavy (non-hydrogen) atoms.